The van der Waals surface area contributed by atoms with Gasteiger partial charge in [-0.15, -0.1) is 0 Å². The van der Waals surface area contributed by atoms with E-state index in [1.165, 1.54) is 0 Å². The second kappa shape index (κ2) is 6.27. The zero-order valence-electron chi connectivity index (χ0n) is 12.3. The van der Waals surface area contributed by atoms with Crippen LogP contribution < -0.4 is 5.73 Å². The van der Waals surface area contributed by atoms with Crippen LogP contribution >= 0.6 is 0 Å². The van der Waals surface area contributed by atoms with Crippen molar-refractivity contribution < 1.29 is 8.42 Å². The van der Waals surface area contributed by atoms with E-state index in [-0.39, 0.29) is 5.25 Å². The van der Waals surface area contributed by atoms with Crippen LogP contribution in [0.3, 0.4) is 0 Å². The van der Waals surface area contributed by atoms with Crippen molar-refractivity contribution >= 4 is 9.84 Å². The highest BCUT2D eigenvalue weighted by atomic mass is 32.2. The summed E-state index contributed by atoms with van der Waals surface area (Å²) in [6.07, 6.45) is 3.73. The minimum Gasteiger partial charge on any atom is -0.323 e. The molecule has 1 aliphatic rings. The maximum atomic E-state index is 12.8. The van der Waals surface area contributed by atoms with Crippen LogP contribution in [0.25, 0.3) is 0 Å². The van der Waals surface area contributed by atoms with Gasteiger partial charge in [0.15, 0.2) is 9.84 Å². The summed E-state index contributed by atoms with van der Waals surface area (Å²) in [5.41, 5.74) is 7.08. The summed E-state index contributed by atoms with van der Waals surface area (Å²) in [4.78, 5) is 0. The minimum absolute atomic E-state index is 0.212. The second-order valence-electron chi connectivity index (χ2n) is 6.12. The fourth-order valence-corrected chi connectivity index (χ4v) is 5.40. The van der Waals surface area contributed by atoms with Gasteiger partial charge in [0.05, 0.1) is 10.5 Å². The van der Waals surface area contributed by atoms with Crippen molar-refractivity contribution in [2.24, 2.45) is 11.7 Å². The summed E-state index contributed by atoms with van der Waals surface area (Å²) in [6, 6.07) is 9.07. The third kappa shape index (κ3) is 3.23. The lowest BCUT2D eigenvalue weighted by Crippen LogP contribution is -2.39. The summed E-state index contributed by atoms with van der Waals surface area (Å²) >= 11 is 0. The molecular formula is C16H25NO2S. The van der Waals surface area contributed by atoms with Gasteiger partial charge in [-0.25, -0.2) is 8.42 Å². The SMILES string of the molecule is CC1CCCC(S(=O)(=O)C(C)C(N)c2ccccc2)C1. The average Bonchev–Trinajstić information content (AvgIpc) is 2.46. The van der Waals surface area contributed by atoms with E-state index < -0.39 is 21.1 Å². The Morgan fingerprint density at radius 2 is 1.85 bits per heavy atom. The first kappa shape index (κ1) is 15.5. The smallest absolute Gasteiger partial charge is 0.157 e. The highest BCUT2D eigenvalue weighted by Gasteiger charge is 2.37. The molecule has 1 aromatic carbocycles. The molecule has 0 aliphatic heterocycles. The third-order valence-electron chi connectivity index (χ3n) is 4.56. The first-order valence-electron chi connectivity index (χ1n) is 7.46. The number of benzene rings is 1. The van der Waals surface area contributed by atoms with Crippen molar-refractivity contribution in [3.05, 3.63) is 35.9 Å². The van der Waals surface area contributed by atoms with Crippen LogP contribution in [-0.4, -0.2) is 18.9 Å². The lowest BCUT2D eigenvalue weighted by molar-refractivity contribution is 0.379. The van der Waals surface area contributed by atoms with Gasteiger partial charge in [0.2, 0.25) is 0 Å². The average molecular weight is 295 g/mol. The van der Waals surface area contributed by atoms with Crippen LogP contribution in [0.2, 0.25) is 0 Å². The van der Waals surface area contributed by atoms with Crippen LogP contribution in [0.15, 0.2) is 30.3 Å². The molecule has 1 aromatic rings. The maximum absolute atomic E-state index is 12.8. The van der Waals surface area contributed by atoms with E-state index >= 15 is 0 Å². The Morgan fingerprint density at radius 1 is 1.20 bits per heavy atom. The van der Waals surface area contributed by atoms with Crippen molar-refractivity contribution in [2.75, 3.05) is 0 Å². The minimum atomic E-state index is -3.17. The Morgan fingerprint density at radius 3 is 2.45 bits per heavy atom. The normalized spacial score (nSPS) is 26.9. The van der Waals surface area contributed by atoms with Gasteiger partial charge >= 0.3 is 0 Å². The summed E-state index contributed by atoms with van der Waals surface area (Å²) < 4.78 is 25.5. The predicted molar refractivity (Wildman–Crippen MR) is 83.2 cm³/mol. The van der Waals surface area contributed by atoms with Crippen LogP contribution in [-0.2, 0) is 9.84 Å². The fourth-order valence-electron chi connectivity index (χ4n) is 3.13. The number of sulfone groups is 1. The van der Waals surface area contributed by atoms with Crippen molar-refractivity contribution in [1.29, 1.82) is 0 Å². The molecule has 0 spiro atoms. The van der Waals surface area contributed by atoms with Gasteiger partial charge in [-0.1, -0.05) is 50.1 Å². The first-order chi connectivity index (χ1) is 9.43. The highest BCUT2D eigenvalue weighted by molar-refractivity contribution is 7.92. The fraction of sp³-hybridized carbons (Fsp3) is 0.625. The number of hydrogen-bond donors (Lipinski definition) is 1. The summed E-state index contributed by atoms with van der Waals surface area (Å²) in [7, 11) is -3.17. The Bertz CT molecular complexity index is 527. The monoisotopic (exact) mass is 295 g/mol. The molecule has 3 nitrogen and oxygen atoms in total. The second-order valence-corrected chi connectivity index (χ2v) is 8.71. The molecule has 0 aromatic heterocycles. The molecular weight excluding hydrogens is 270 g/mol. The largest absolute Gasteiger partial charge is 0.323 e. The van der Waals surface area contributed by atoms with Crippen LogP contribution in [0, 0.1) is 5.92 Å². The van der Waals surface area contributed by atoms with Crippen LogP contribution in [0.1, 0.15) is 51.1 Å². The van der Waals surface area contributed by atoms with Crippen molar-refractivity contribution in [1.82, 2.24) is 0 Å². The van der Waals surface area contributed by atoms with E-state index in [1.54, 1.807) is 6.92 Å². The molecule has 1 saturated carbocycles. The molecule has 2 N–H and O–H groups in total. The summed E-state index contributed by atoms with van der Waals surface area (Å²) in [5.74, 6) is 0.503. The molecule has 0 radical (unpaired) electrons. The number of nitrogens with two attached hydrogens (primary N) is 1. The summed E-state index contributed by atoms with van der Waals surface area (Å²) in [5, 5.41) is -0.740. The van der Waals surface area contributed by atoms with E-state index in [0.717, 1.165) is 31.2 Å². The molecule has 4 heteroatoms. The van der Waals surface area contributed by atoms with Gasteiger partial charge in [0.1, 0.15) is 0 Å². The highest BCUT2D eigenvalue weighted by Crippen LogP contribution is 2.32. The van der Waals surface area contributed by atoms with E-state index in [0.29, 0.717) is 5.92 Å². The Kier molecular flexibility index (Phi) is 4.86. The van der Waals surface area contributed by atoms with Gasteiger partial charge in [0.25, 0.3) is 0 Å². The molecule has 20 heavy (non-hydrogen) atoms. The Hall–Kier alpha value is -0.870. The van der Waals surface area contributed by atoms with E-state index in [9.17, 15) is 8.42 Å². The third-order valence-corrected chi connectivity index (χ3v) is 7.25. The zero-order chi connectivity index (χ0) is 14.8. The summed E-state index contributed by atoms with van der Waals surface area (Å²) in [6.45, 7) is 3.90. The van der Waals surface area contributed by atoms with Crippen molar-refractivity contribution in [2.45, 2.75) is 56.1 Å². The molecule has 112 valence electrons. The molecule has 1 fully saturated rings. The molecule has 4 unspecified atom stereocenters. The lowest BCUT2D eigenvalue weighted by Gasteiger charge is -2.31. The molecule has 0 saturated heterocycles. The van der Waals surface area contributed by atoms with Gasteiger partial charge in [-0.05, 0) is 31.2 Å². The Labute approximate surface area is 122 Å². The lowest BCUT2D eigenvalue weighted by atomic mass is 9.90. The maximum Gasteiger partial charge on any atom is 0.157 e. The predicted octanol–water partition coefficient (Wildman–Crippen LogP) is 3.07. The zero-order valence-corrected chi connectivity index (χ0v) is 13.1. The molecule has 2 rings (SSSR count). The van der Waals surface area contributed by atoms with Crippen molar-refractivity contribution in [3.63, 3.8) is 0 Å². The number of hydrogen-bond acceptors (Lipinski definition) is 3. The molecule has 0 bridgehead atoms. The molecule has 1 aliphatic carbocycles. The van der Waals surface area contributed by atoms with E-state index in [4.69, 9.17) is 5.73 Å². The number of rotatable bonds is 4. The van der Waals surface area contributed by atoms with Gasteiger partial charge < -0.3 is 5.73 Å². The topological polar surface area (TPSA) is 60.2 Å². The standard InChI is InChI=1S/C16H25NO2S/c1-12-7-6-10-15(11-12)20(18,19)13(2)16(17)14-8-4-3-5-9-14/h3-5,8-9,12-13,15-16H,6-7,10-11,17H2,1-2H3. The van der Waals surface area contributed by atoms with Crippen molar-refractivity contribution in [3.8, 4) is 0 Å². The molecule has 4 atom stereocenters. The first-order valence-corrected chi connectivity index (χ1v) is 9.07. The van der Waals surface area contributed by atoms with E-state index in [1.807, 2.05) is 30.3 Å². The van der Waals surface area contributed by atoms with E-state index in [2.05, 4.69) is 6.92 Å². The van der Waals surface area contributed by atoms with Crippen LogP contribution in [0.4, 0.5) is 0 Å². The quantitative estimate of drug-likeness (QED) is 0.928. The Balaban J connectivity index is 2.16. The van der Waals surface area contributed by atoms with Gasteiger partial charge in [-0.3, -0.25) is 0 Å². The van der Waals surface area contributed by atoms with Gasteiger partial charge in [-0.2, -0.15) is 0 Å². The van der Waals surface area contributed by atoms with Crippen LogP contribution in [0.5, 0.6) is 0 Å². The molecule has 0 heterocycles. The molecule has 0 amide bonds. The van der Waals surface area contributed by atoms with Gasteiger partial charge in [0, 0.05) is 6.04 Å².